The Hall–Kier alpha value is -2.22. The summed E-state index contributed by atoms with van der Waals surface area (Å²) in [7, 11) is 0. The molecule has 2 nitrogen and oxygen atoms in total. The van der Waals surface area contributed by atoms with Gasteiger partial charge in [-0.05, 0) is 36.8 Å². The van der Waals surface area contributed by atoms with E-state index in [1.165, 1.54) is 140 Å². The molecule has 0 bridgehead atoms. The summed E-state index contributed by atoms with van der Waals surface area (Å²) in [6, 6.07) is 15.9. The number of Topliss-reactive ketones (excluding diaryl/α,β-unsaturated/α-hetero) is 2. The van der Waals surface area contributed by atoms with E-state index in [0.717, 1.165) is 12.8 Å². The van der Waals surface area contributed by atoms with Crippen molar-refractivity contribution in [1.29, 1.82) is 0 Å². The molecule has 2 rings (SSSR count). The fourth-order valence-electron chi connectivity index (χ4n) is 5.70. The molecule has 0 aliphatic rings. The first-order valence-electron chi connectivity index (χ1n) is 17.4. The summed E-state index contributed by atoms with van der Waals surface area (Å²) in [4.78, 5) is 25.5. The summed E-state index contributed by atoms with van der Waals surface area (Å²) >= 11 is 0. The number of benzene rings is 2. The van der Waals surface area contributed by atoms with Crippen LogP contribution in [0.5, 0.6) is 0 Å². The van der Waals surface area contributed by atoms with Crippen LogP contribution in [0.4, 0.5) is 0 Å². The molecule has 41 heavy (non-hydrogen) atoms. The van der Waals surface area contributed by atoms with E-state index in [1.54, 1.807) is 0 Å². The molecule has 0 N–H and O–H groups in total. The van der Waals surface area contributed by atoms with Gasteiger partial charge in [0, 0.05) is 11.1 Å². The second-order valence-corrected chi connectivity index (χ2v) is 12.3. The summed E-state index contributed by atoms with van der Waals surface area (Å²) < 4.78 is 0. The van der Waals surface area contributed by atoms with Crippen LogP contribution in [0.25, 0.3) is 0 Å². The molecule has 228 valence electrons. The van der Waals surface area contributed by atoms with Crippen molar-refractivity contribution < 1.29 is 9.59 Å². The Kier molecular flexibility index (Phi) is 19.9. The number of aryl methyl sites for hydroxylation is 2. The highest BCUT2D eigenvalue weighted by Crippen LogP contribution is 2.16. The second-order valence-electron chi connectivity index (χ2n) is 12.3. The van der Waals surface area contributed by atoms with Crippen molar-refractivity contribution in [2.75, 3.05) is 0 Å². The van der Waals surface area contributed by atoms with Crippen molar-refractivity contribution in [2.45, 2.75) is 162 Å². The lowest BCUT2D eigenvalue weighted by molar-refractivity contribution is 0.0894. The molecule has 0 spiro atoms. The van der Waals surface area contributed by atoms with Crippen molar-refractivity contribution in [1.82, 2.24) is 0 Å². The Morgan fingerprint density at radius 3 is 0.951 bits per heavy atom. The smallest absolute Gasteiger partial charge is 0.170 e. The van der Waals surface area contributed by atoms with E-state index in [1.807, 2.05) is 24.3 Å². The average molecular weight is 561 g/mol. The van der Waals surface area contributed by atoms with E-state index in [4.69, 9.17) is 0 Å². The molecule has 2 aromatic rings. The minimum Gasteiger partial charge on any atom is -0.294 e. The number of hydrogen-bond donors (Lipinski definition) is 0. The van der Waals surface area contributed by atoms with Gasteiger partial charge in [-0.25, -0.2) is 0 Å². The second kappa shape index (κ2) is 23.4. The van der Waals surface area contributed by atoms with Gasteiger partial charge < -0.3 is 0 Å². The van der Waals surface area contributed by atoms with E-state index in [0.29, 0.717) is 11.1 Å². The zero-order chi connectivity index (χ0) is 29.4. The summed E-state index contributed by atoms with van der Waals surface area (Å²) in [5, 5.41) is 0. The fourth-order valence-corrected chi connectivity index (χ4v) is 5.70. The first-order chi connectivity index (χ1) is 20.1. The minimum atomic E-state index is -0.0880. The van der Waals surface area contributed by atoms with Crippen LogP contribution in [0.1, 0.15) is 181 Å². The van der Waals surface area contributed by atoms with E-state index in [9.17, 15) is 9.59 Å². The molecule has 0 aliphatic heterocycles. The molecule has 0 heterocycles. The van der Waals surface area contributed by atoms with Gasteiger partial charge in [0.1, 0.15) is 0 Å². The number of unbranched alkanes of at least 4 members (excludes halogenated alkanes) is 18. The fraction of sp³-hybridized carbons (Fsp3) is 0.641. The molecule has 0 unspecified atom stereocenters. The van der Waals surface area contributed by atoms with Crippen LogP contribution >= 0.6 is 0 Å². The van der Waals surface area contributed by atoms with Crippen molar-refractivity contribution in [3.63, 3.8) is 0 Å². The highest BCUT2D eigenvalue weighted by Gasteiger charge is 2.14. The molecule has 2 heteroatoms. The molecule has 0 atom stereocenters. The first kappa shape index (κ1) is 35.0. The van der Waals surface area contributed by atoms with E-state index >= 15 is 0 Å². The van der Waals surface area contributed by atoms with Crippen molar-refractivity contribution in [2.24, 2.45) is 0 Å². The summed E-state index contributed by atoms with van der Waals surface area (Å²) in [5.41, 5.74) is 3.85. The lowest BCUT2D eigenvalue weighted by Crippen LogP contribution is -2.08. The zero-order valence-corrected chi connectivity index (χ0v) is 26.7. The van der Waals surface area contributed by atoms with E-state index in [2.05, 4.69) is 38.1 Å². The van der Waals surface area contributed by atoms with Gasteiger partial charge in [-0.2, -0.15) is 0 Å². The van der Waals surface area contributed by atoms with Crippen molar-refractivity contribution >= 4 is 11.6 Å². The van der Waals surface area contributed by atoms with Gasteiger partial charge in [0.15, 0.2) is 11.6 Å². The normalized spacial score (nSPS) is 11.2. The van der Waals surface area contributed by atoms with Crippen molar-refractivity contribution in [3.8, 4) is 0 Å². The maximum Gasteiger partial charge on any atom is 0.170 e. The molecular weight excluding hydrogens is 500 g/mol. The van der Waals surface area contributed by atoms with Gasteiger partial charge in [-0.3, -0.25) is 9.59 Å². The van der Waals surface area contributed by atoms with Gasteiger partial charge >= 0.3 is 0 Å². The highest BCUT2D eigenvalue weighted by atomic mass is 16.1. The molecule has 0 aromatic heterocycles. The minimum absolute atomic E-state index is 0.0599. The van der Waals surface area contributed by atoms with Crippen LogP contribution in [0.2, 0.25) is 0 Å². The third-order valence-corrected chi connectivity index (χ3v) is 8.51. The lowest BCUT2D eigenvalue weighted by Gasteiger charge is -2.06. The predicted octanol–water partition coefficient (Wildman–Crippen LogP) is 12.1. The number of ketones is 2. The standard InChI is InChI=1S/C39H60O2/c1-3-5-7-9-11-13-15-17-19-21-23-34-25-29-36(30-26-34)38(40)33-39(41)37-31-27-35(28-32-37)24-22-20-18-16-14-12-10-8-6-4-2/h25-32H,3-24,33H2,1-2H3. The Morgan fingerprint density at radius 1 is 0.390 bits per heavy atom. The molecule has 0 aliphatic carbocycles. The summed E-state index contributed by atoms with van der Waals surface area (Å²) in [6.45, 7) is 4.54. The van der Waals surface area contributed by atoms with Gasteiger partial charge in [-0.1, -0.05) is 178 Å². The number of hydrogen-bond acceptors (Lipinski definition) is 2. The molecule has 0 saturated heterocycles. The van der Waals surface area contributed by atoms with Gasteiger partial charge in [0.05, 0.1) is 6.42 Å². The Balaban J connectivity index is 1.58. The van der Waals surface area contributed by atoms with Crippen LogP contribution in [-0.2, 0) is 12.8 Å². The van der Waals surface area contributed by atoms with Crippen LogP contribution < -0.4 is 0 Å². The monoisotopic (exact) mass is 560 g/mol. The van der Waals surface area contributed by atoms with Crippen LogP contribution in [0, 0.1) is 0 Å². The largest absolute Gasteiger partial charge is 0.294 e. The maximum absolute atomic E-state index is 12.7. The number of rotatable bonds is 26. The zero-order valence-electron chi connectivity index (χ0n) is 26.7. The third kappa shape index (κ3) is 16.7. The van der Waals surface area contributed by atoms with E-state index < -0.39 is 0 Å². The first-order valence-corrected chi connectivity index (χ1v) is 17.4. The van der Waals surface area contributed by atoms with Crippen LogP contribution in [-0.4, -0.2) is 11.6 Å². The quantitative estimate of drug-likeness (QED) is 0.0651. The Labute approximate surface area is 253 Å². The van der Waals surface area contributed by atoms with E-state index in [-0.39, 0.29) is 18.0 Å². The molecule has 0 saturated carbocycles. The third-order valence-electron chi connectivity index (χ3n) is 8.51. The van der Waals surface area contributed by atoms with Crippen LogP contribution in [0.15, 0.2) is 48.5 Å². The molecular formula is C39H60O2. The Morgan fingerprint density at radius 2 is 0.659 bits per heavy atom. The Bertz CT molecular complexity index is 848. The van der Waals surface area contributed by atoms with Crippen LogP contribution in [0.3, 0.4) is 0 Å². The summed E-state index contributed by atoms with van der Waals surface area (Å²) in [6.07, 6.45) is 28.9. The average Bonchev–Trinajstić information content (AvgIpc) is 2.99. The number of carbonyl (C=O) groups excluding carboxylic acids is 2. The van der Waals surface area contributed by atoms with Gasteiger partial charge in [0.25, 0.3) is 0 Å². The molecule has 0 radical (unpaired) electrons. The molecule has 2 aromatic carbocycles. The molecule has 0 amide bonds. The maximum atomic E-state index is 12.7. The highest BCUT2D eigenvalue weighted by molar-refractivity contribution is 6.13. The van der Waals surface area contributed by atoms with Gasteiger partial charge in [0.2, 0.25) is 0 Å². The lowest BCUT2D eigenvalue weighted by atomic mass is 9.98. The van der Waals surface area contributed by atoms with Crippen molar-refractivity contribution in [3.05, 3.63) is 70.8 Å². The van der Waals surface area contributed by atoms with Gasteiger partial charge in [-0.15, -0.1) is 0 Å². The molecule has 0 fully saturated rings. The topological polar surface area (TPSA) is 34.1 Å². The summed E-state index contributed by atoms with van der Waals surface area (Å²) in [5.74, 6) is -0.176. The predicted molar refractivity (Wildman–Crippen MR) is 177 cm³/mol. The SMILES string of the molecule is CCCCCCCCCCCCc1ccc(C(=O)CC(=O)c2ccc(CCCCCCCCCCCC)cc2)cc1. The number of carbonyl (C=O) groups is 2.